The number of hydrogen-bond donors (Lipinski definition) is 0. The largest absolute Gasteiger partial charge is 0.291 e. The highest BCUT2D eigenvalue weighted by Crippen LogP contribution is 2.17. The number of amides is 1. The summed E-state index contributed by atoms with van der Waals surface area (Å²) in [4.78, 5) is 13.8. The quantitative estimate of drug-likeness (QED) is 0.806. The molecule has 0 aliphatic rings. The van der Waals surface area contributed by atoms with Gasteiger partial charge in [-0.05, 0) is 32.0 Å². The zero-order chi connectivity index (χ0) is 13.8. The van der Waals surface area contributed by atoms with Crippen LogP contribution in [0.2, 0.25) is 0 Å². The summed E-state index contributed by atoms with van der Waals surface area (Å²) in [6.45, 7) is 3.94. The molecule has 4 nitrogen and oxygen atoms in total. The molecule has 5 heteroatoms. The minimum Gasteiger partial charge on any atom is -0.291 e. The van der Waals surface area contributed by atoms with Crippen LogP contribution in [0.5, 0.6) is 0 Å². The van der Waals surface area contributed by atoms with Crippen molar-refractivity contribution in [2.24, 2.45) is 0 Å². The Morgan fingerprint density at radius 2 is 2.05 bits per heavy atom. The predicted octanol–water partition coefficient (Wildman–Crippen LogP) is 2.81. The molecule has 1 heterocycles. The fraction of sp³-hybridized carbons (Fsp3) is 0.286. The Labute approximate surface area is 117 Å². The first-order valence-corrected chi connectivity index (χ1v) is 6.52. The van der Waals surface area contributed by atoms with E-state index in [9.17, 15) is 4.79 Å². The molecule has 1 aromatic heterocycles. The van der Waals surface area contributed by atoms with E-state index in [0.717, 1.165) is 11.4 Å². The second kappa shape index (κ2) is 5.89. The van der Waals surface area contributed by atoms with Crippen LogP contribution in [0.3, 0.4) is 0 Å². The SMILES string of the molecule is Cc1ccn(CN(C(=O)C(C)Cl)c2ccccc2)n1. The maximum atomic E-state index is 12.2. The van der Waals surface area contributed by atoms with Crippen LogP contribution in [0.15, 0.2) is 42.6 Å². The lowest BCUT2D eigenvalue weighted by molar-refractivity contribution is -0.118. The van der Waals surface area contributed by atoms with Gasteiger partial charge < -0.3 is 0 Å². The summed E-state index contributed by atoms with van der Waals surface area (Å²) in [5.41, 5.74) is 1.73. The van der Waals surface area contributed by atoms with E-state index in [4.69, 9.17) is 11.6 Å². The van der Waals surface area contributed by atoms with E-state index < -0.39 is 5.38 Å². The number of carbonyl (C=O) groups excluding carboxylic acids is 1. The van der Waals surface area contributed by atoms with Gasteiger partial charge in [0.1, 0.15) is 12.0 Å². The molecule has 0 N–H and O–H groups in total. The van der Waals surface area contributed by atoms with Gasteiger partial charge in [-0.25, -0.2) is 0 Å². The van der Waals surface area contributed by atoms with E-state index in [1.54, 1.807) is 16.5 Å². The molecular weight excluding hydrogens is 262 g/mol. The van der Waals surface area contributed by atoms with Crippen LogP contribution in [0.25, 0.3) is 0 Å². The first-order valence-electron chi connectivity index (χ1n) is 6.08. The van der Waals surface area contributed by atoms with Gasteiger partial charge in [0.25, 0.3) is 0 Å². The molecular formula is C14H16ClN3O. The van der Waals surface area contributed by atoms with E-state index in [1.165, 1.54) is 0 Å². The van der Waals surface area contributed by atoms with Crippen molar-refractivity contribution in [3.63, 3.8) is 0 Å². The number of aryl methyl sites for hydroxylation is 1. The molecule has 1 aromatic carbocycles. The molecule has 0 saturated heterocycles. The van der Waals surface area contributed by atoms with Gasteiger partial charge in [0, 0.05) is 11.9 Å². The van der Waals surface area contributed by atoms with Gasteiger partial charge in [0.05, 0.1) is 5.69 Å². The molecule has 1 amide bonds. The summed E-state index contributed by atoms with van der Waals surface area (Å²) >= 11 is 5.92. The molecule has 0 aliphatic heterocycles. The second-order valence-electron chi connectivity index (χ2n) is 4.36. The van der Waals surface area contributed by atoms with Crippen molar-refractivity contribution in [2.75, 3.05) is 4.90 Å². The van der Waals surface area contributed by atoms with Gasteiger partial charge >= 0.3 is 0 Å². The fourth-order valence-electron chi connectivity index (χ4n) is 1.79. The van der Waals surface area contributed by atoms with Crippen molar-refractivity contribution in [1.29, 1.82) is 0 Å². The van der Waals surface area contributed by atoms with Gasteiger partial charge in [-0.3, -0.25) is 14.4 Å². The maximum Gasteiger partial charge on any atom is 0.246 e. The number of rotatable bonds is 4. The van der Waals surface area contributed by atoms with Crippen LogP contribution in [0.1, 0.15) is 12.6 Å². The van der Waals surface area contributed by atoms with Crippen LogP contribution in [0, 0.1) is 6.92 Å². The highest BCUT2D eigenvalue weighted by molar-refractivity contribution is 6.32. The molecule has 19 heavy (non-hydrogen) atoms. The lowest BCUT2D eigenvalue weighted by Gasteiger charge is -2.23. The topological polar surface area (TPSA) is 38.1 Å². The second-order valence-corrected chi connectivity index (χ2v) is 5.01. The van der Waals surface area contributed by atoms with Crippen LogP contribution in [-0.2, 0) is 11.5 Å². The third-order valence-corrected chi connectivity index (χ3v) is 2.92. The van der Waals surface area contributed by atoms with E-state index in [-0.39, 0.29) is 5.91 Å². The highest BCUT2D eigenvalue weighted by Gasteiger charge is 2.20. The molecule has 0 bridgehead atoms. The number of alkyl halides is 1. The van der Waals surface area contributed by atoms with Crippen LogP contribution < -0.4 is 4.90 Å². The summed E-state index contributed by atoms with van der Waals surface area (Å²) < 4.78 is 1.72. The monoisotopic (exact) mass is 277 g/mol. The van der Waals surface area contributed by atoms with E-state index >= 15 is 0 Å². The zero-order valence-electron chi connectivity index (χ0n) is 11.0. The third-order valence-electron chi connectivity index (χ3n) is 2.73. The number of aromatic nitrogens is 2. The molecule has 0 fully saturated rings. The van der Waals surface area contributed by atoms with Gasteiger partial charge in [0.2, 0.25) is 5.91 Å². The van der Waals surface area contributed by atoms with Crippen LogP contribution in [0.4, 0.5) is 5.69 Å². The maximum absolute atomic E-state index is 12.2. The Balaban J connectivity index is 2.27. The number of para-hydroxylation sites is 1. The summed E-state index contributed by atoms with van der Waals surface area (Å²) in [7, 11) is 0. The fourth-order valence-corrected chi connectivity index (χ4v) is 1.91. The minimum atomic E-state index is -0.572. The Bertz CT molecular complexity index is 551. The molecule has 2 aromatic rings. The molecule has 0 saturated carbocycles. The van der Waals surface area contributed by atoms with Crippen molar-refractivity contribution in [3.05, 3.63) is 48.3 Å². The van der Waals surface area contributed by atoms with Crippen LogP contribution in [-0.4, -0.2) is 21.1 Å². The van der Waals surface area contributed by atoms with Crippen molar-refractivity contribution >= 4 is 23.2 Å². The molecule has 2 rings (SSSR count). The first-order chi connectivity index (χ1) is 9.08. The predicted molar refractivity (Wildman–Crippen MR) is 76.2 cm³/mol. The van der Waals surface area contributed by atoms with Gasteiger partial charge in [-0.15, -0.1) is 11.6 Å². The van der Waals surface area contributed by atoms with E-state index in [0.29, 0.717) is 6.67 Å². The van der Waals surface area contributed by atoms with Crippen molar-refractivity contribution in [3.8, 4) is 0 Å². The summed E-state index contributed by atoms with van der Waals surface area (Å²) in [6, 6.07) is 11.4. The third kappa shape index (κ3) is 3.35. The number of hydrogen-bond acceptors (Lipinski definition) is 2. The van der Waals surface area contributed by atoms with Gasteiger partial charge in [0.15, 0.2) is 0 Å². The molecule has 0 spiro atoms. The standard InChI is InChI=1S/C14H16ClN3O/c1-11-8-9-17(16-11)10-18(14(19)12(2)15)13-6-4-3-5-7-13/h3-9,12H,10H2,1-2H3. The molecule has 0 radical (unpaired) electrons. The van der Waals surface area contributed by atoms with Gasteiger partial charge in [-0.1, -0.05) is 18.2 Å². The molecule has 1 atom stereocenters. The van der Waals surface area contributed by atoms with Crippen molar-refractivity contribution in [2.45, 2.75) is 25.9 Å². The summed E-state index contributed by atoms with van der Waals surface area (Å²) in [6.07, 6.45) is 1.84. The van der Waals surface area contributed by atoms with Crippen molar-refractivity contribution < 1.29 is 4.79 Å². The van der Waals surface area contributed by atoms with E-state index in [2.05, 4.69) is 5.10 Å². The Hall–Kier alpha value is -1.81. The summed E-state index contributed by atoms with van der Waals surface area (Å²) in [5.74, 6) is -0.138. The highest BCUT2D eigenvalue weighted by atomic mass is 35.5. The number of halogens is 1. The average Bonchev–Trinajstić information content (AvgIpc) is 2.81. The first kappa shape index (κ1) is 13.6. The normalized spacial score (nSPS) is 12.2. The Morgan fingerprint density at radius 3 is 2.58 bits per heavy atom. The Kier molecular flexibility index (Phi) is 4.22. The molecule has 1 unspecified atom stereocenters. The number of anilines is 1. The van der Waals surface area contributed by atoms with Crippen LogP contribution >= 0.6 is 11.6 Å². The summed E-state index contributed by atoms with van der Waals surface area (Å²) in [5, 5.41) is 3.73. The average molecular weight is 278 g/mol. The zero-order valence-corrected chi connectivity index (χ0v) is 11.7. The Morgan fingerprint density at radius 1 is 1.37 bits per heavy atom. The minimum absolute atomic E-state index is 0.138. The lowest BCUT2D eigenvalue weighted by Crippen LogP contribution is -2.37. The van der Waals surface area contributed by atoms with Crippen molar-refractivity contribution in [1.82, 2.24) is 9.78 Å². The number of nitrogens with zero attached hydrogens (tertiary/aromatic N) is 3. The lowest BCUT2D eigenvalue weighted by atomic mass is 10.3. The number of carbonyl (C=O) groups is 1. The molecule has 100 valence electrons. The smallest absolute Gasteiger partial charge is 0.246 e. The van der Waals surface area contributed by atoms with Gasteiger partial charge in [-0.2, -0.15) is 5.10 Å². The van der Waals surface area contributed by atoms with E-state index in [1.807, 2.05) is 49.5 Å². The molecule has 0 aliphatic carbocycles. The number of benzene rings is 1.